The van der Waals surface area contributed by atoms with E-state index in [0.717, 1.165) is 0 Å². The number of hydrogen-bond acceptors (Lipinski definition) is 6. The lowest BCUT2D eigenvalue weighted by molar-refractivity contribution is -0.113. The maximum absolute atomic E-state index is 12.2. The second-order valence-corrected chi connectivity index (χ2v) is 6.50. The number of thioether (sulfide) groups is 1. The molecule has 0 aliphatic heterocycles. The number of carbonyl (C=O) groups is 1. The Kier molecular flexibility index (Phi) is 5.74. The van der Waals surface area contributed by atoms with Gasteiger partial charge in [-0.2, -0.15) is 5.26 Å². The highest BCUT2D eigenvalue weighted by Crippen LogP contribution is 2.30. The van der Waals surface area contributed by atoms with Gasteiger partial charge in [0, 0.05) is 6.54 Å². The summed E-state index contributed by atoms with van der Waals surface area (Å²) in [5.74, 6) is 0.561. The number of benzene rings is 2. The van der Waals surface area contributed by atoms with Crippen LogP contribution in [0.4, 0.5) is 5.69 Å². The van der Waals surface area contributed by atoms with E-state index in [1.165, 1.54) is 11.8 Å². The molecule has 27 heavy (non-hydrogen) atoms. The Balaban J connectivity index is 1.72. The van der Waals surface area contributed by atoms with Gasteiger partial charge in [0.1, 0.15) is 11.8 Å². The van der Waals surface area contributed by atoms with E-state index in [9.17, 15) is 9.90 Å². The molecule has 2 N–H and O–H groups in total. The number of aromatic hydroxyl groups is 1. The first-order valence-corrected chi connectivity index (χ1v) is 9.26. The second kappa shape index (κ2) is 8.38. The first-order chi connectivity index (χ1) is 13.1. The van der Waals surface area contributed by atoms with Gasteiger partial charge < -0.3 is 15.0 Å². The molecule has 0 radical (unpaired) electrons. The molecule has 7 nitrogen and oxygen atoms in total. The summed E-state index contributed by atoms with van der Waals surface area (Å²) in [6.45, 7) is 2.54. The number of phenolic OH excluding ortho intramolecular Hbond substituents is 1. The van der Waals surface area contributed by atoms with E-state index in [1.54, 1.807) is 42.5 Å². The number of nitrogens with zero attached hydrogens (tertiary/aromatic N) is 4. The minimum absolute atomic E-state index is 0.124. The maximum Gasteiger partial charge on any atom is 0.234 e. The molecule has 3 rings (SSSR count). The lowest BCUT2D eigenvalue weighted by Gasteiger charge is -2.09. The molecule has 0 bridgehead atoms. The van der Waals surface area contributed by atoms with Crippen LogP contribution in [0.2, 0.25) is 0 Å². The standard InChI is InChI=1S/C19H17N5O2S/c1-2-24-18(14-8-4-6-10-16(14)25)22-23-19(24)27-12-17(26)21-15-9-5-3-7-13(15)11-20/h3-10,25H,2,12H2,1H3,(H,21,26). The van der Waals surface area contributed by atoms with Crippen molar-refractivity contribution < 1.29 is 9.90 Å². The van der Waals surface area contributed by atoms with Gasteiger partial charge in [-0.1, -0.05) is 36.0 Å². The van der Waals surface area contributed by atoms with Crippen LogP contribution in [-0.4, -0.2) is 31.5 Å². The van der Waals surface area contributed by atoms with Crippen LogP contribution in [0.15, 0.2) is 53.7 Å². The quantitative estimate of drug-likeness (QED) is 0.637. The Morgan fingerprint density at radius 2 is 1.96 bits per heavy atom. The van der Waals surface area contributed by atoms with Crippen LogP contribution in [0, 0.1) is 11.3 Å². The summed E-state index contributed by atoms with van der Waals surface area (Å²) in [6, 6.07) is 15.8. The van der Waals surface area contributed by atoms with E-state index < -0.39 is 0 Å². The van der Waals surface area contributed by atoms with Gasteiger partial charge in [-0.15, -0.1) is 10.2 Å². The van der Waals surface area contributed by atoms with Gasteiger partial charge in [0.2, 0.25) is 5.91 Å². The van der Waals surface area contributed by atoms with Gasteiger partial charge in [0.05, 0.1) is 22.6 Å². The number of rotatable bonds is 6. The van der Waals surface area contributed by atoms with Crippen molar-refractivity contribution in [3.8, 4) is 23.2 Å². The number of amides is 1. The van der Waals surface area contributed by atoms with Crippen LogP contribution >= 0.6 is 11.8 Å². The van der Waals surface area contributed by atoms with Crippen LogP contribution in [0.1, 0.15) is 12.5 Å². The molecule has 0 saturated carbocycles. The minimum Gasteiger partial charge on any atom is -0.507 e. The topological polar surface area (TPSA) is 104 Å². The third kappa shape index (κ3) is 4.10. The molecule has 0 aliphatic carbocycles. The molecule has 0 unspecified atom stereocenters. The van der Waals surface area contributed by atoms with Crippen molar-refractivity contribution in [1.29, 1.82) is 5.26 Å². The number of aromatic nitrogens is 3. The van der Waals surface area contributed by atoms with Crippen molar-refractivity contribution in [3.05, 3.63) is 54.1 Å². The van der Waals surface area contributed by atoms with Gasteiger partial charge in [0.25, 0.3) is 0 Å². The van der Waals surface area contributed by atoms with Gasteiger partial charge in [-0.25, -0.2) is 0 Å². The summed E-state index contributed by atoms with van der Waals surface area (Å²) >= 11 is 1.25. The van der Waals surface area contributed by atoms with Crippen LogP contribution in [0.25, 0.3) is 11.4 Å². The number of para-hydroxylation sites is 2. The molecular weight excluding hydrogens is 362 g/mol. The first-order valence-electron chi connectivity index (χ1n) is 8.27. The van der Waals surface area contributed by atoms with Gasteiger partial charge in [-0.3, -0.25) is 4.79 Å². The molecule has 1 aromatic heterocycles. The summed E-state index contributed by atoms with van der Waals surface area (Å²) < 4.78 is 1.84. The van der Waals surface area contributed by atoms with E-state index in [0.29, 0.717) is 34.3 Å². The van der Waals surface area contributed by atoms with Crippen LogP contribution in [0.3, 0.4) is 0 Å². The number of hydrogen-bond donors (Lipinski definition) is 2. The van der Waals surface area contributed by atoms with Crippen molar-refractivity contribution in [3.63, 3.8) is 0 Å². The largest absolute Gasteiger partial charge is 0.507 e. The summed E-state index contributed by atoms with van der Waals surface area (Å²) in [7, 11) is 0. The average molecular weight is 379 g/mol. The number of nitrogens with one attached hydrogen (secondary N) is 1. The van der Waals surface area contributed by atoms with Crippen molar-refractivity contribution in [2.24, 2.45) is 0 Å². The zero-order chi connectivity index (χ0) is 19.2. The van der Waals surface area contributed by atoms with E-state index >= 15 is 0 Å². The SMILES string of the molecule is CCn1c(SCC(=O)Nc2ccccc2C#N)nnc1-c1ccccc1O. The fourth-order valence-electron chi connectivity index (χ4n) is 2.55. The molecule has 0 aliphatic rings. The zero-order valence-electron chi connectivity index (χ0n) is 14.6. The Morgan fingerprint density at radius 3 is 2.70 bits per heavy atom. The lowest BCUT2D eigenvalue weighted by atomic mass is 10.2. The fraction of sp³-hybridized carbons (Fsp3) is 0.158. The first kappa shape index (κ1) is 18.5. The predicted molar refractivity (Wildman–Crippen MR) is 103 cm³/mol. The number of phenols is 1. The summed E-state index contributed by atoms with van der Waals surface area (Å²) in [6.07, 6.45) is 0. The number of carbonyl (C=O) groups excluding carboxylic acids is 1. The van der Waals surface area contributed by atoms with Gasteiger partial charge >= 0.3 is 0 Å². The average Bonchev–Trinajstić information content (AvgIpc) is 3.10. The summed E-state index contributed by atoms with van der Waals surface area (Å²) in [5.41, 5.74) is 1.48. The molecule has 0 fully saturated rings. The maximum atomic E-state index is 12.2. The number of anilines is 1. The third-order valence-electron chi connectivity index (χ3n) is 3.83. The molecule has 0 spiro atoms. The fourth-order valence-corrected chi connectivity index (χ4v) is 3.35. The highest BCUT2D eigenvalue weighted by atomic mass is 32.2. The highest BCUT2D eigenvalue weighted by Gasteiger charge is 2.17. The Morgan fingerprint density at radius 1 is 1.22 bits per heavy atom. The molecule has 0 atom stereocenters. The molecule has 1 amide bonds. The Labute approximate surface area is 160 Å². The lowest BCUT2D eigenvalue weighted by Crippen LogP contribution is -2.15. The molecule has 136 valence electrons. The smallest absolute Gasteiger partial charge is 0.234 e. The van der Waals surface area contributed by atoms with Gasteiger partial charge in [-0.05, 0) is 31.2 Å². The molecule has 1 heterocycles. The highest BCUT2D eigenvalue weighted by molar-refractivity contribution is 7.99. The third-order valence-corrected chi connectivity index (χ3v) is 4.80. The molecule has 8 heteroatoms. The predicted octanol–water partition coefficient (Wildman–Crippen LogP) is 3.27. The Bertz CT molecular complexity index is 1010. The van der Waals surface area contributed by atoms with Crippen LogP contribution < -0.4 is 5.32 Å². The van der Waals surface area contributed by atoms with E-state index in [1.807, 2.05) is 23.6 Å². The van der Waals surface area contributed by atoms with E-state index in [4.69, 9.17) is 5.26 Å². The molecule has 3 aromatic rings. The minimum atomic E-state index is -0.238. The summed E-state index contributed by atoms with van der Waals surface area (Å²) in [4.78, 5) is 12.2. The van der Waals surface area contributed by atoms with Crippen molar-refractivity contribution in [2.75, 3.05) is 11.1 Å². The van der Waals surface area contributed by atoms with Crippen LogP contribution in [-0.2, 0) is 11.3 Å². The molecule has 0 saturated heterocycles. The van der Waals surface area contributed by atoms with Crippen LogP contribution in [0.5, 0.6) is 5.75 Å². The van der Waals surface area contributed by atoms with Gasteiger partial charge in [0.15, 0.2) is 11.0 Å². The number of nitriles is 1. The van der Waals surface area contributed by atoms with E-state index in [2.05, 4.69) is 15.5 Å². The Hall–Kier alpha value is -3.31. The monoisotopic (exact) mass is 379 g/mol. The van der Waals surface area contributed by atoms with Crippen molar-refractivity contribution >= 4 is 23.4 Å². The molecule has 2 aromatic carbocycles. The zero-order valence-corrected chi connectivity index (χ0v) is 15.4. The van der Waals surface area contributed by atoms with Crippen molar-refractivity contribution in [1.82, 2.24) is 14.8 Å². The molecular formula is C19H17N5O2S. The second-order valence-electron chi connectivity index (χ2n) is 5.56. The van der Waals surface area contributed by atoms with Crippen molar-refractivity contribution in [2.45, 2.75) is 18.6 Å². The normalized spacial score (nSPS) is 10.4. The van der Waals surface area contributed by atoms with E-state index in [-0.39, 0.29) is 17.4 Å². The summed E-state index contributed by atoms with van der Waals surface area (Å²) in [5, 5.41) is 30.8.